The molecule has 1 N–H and O–H groups in total. The van der Waals surface area contributed by atoms with Gasteiger partial charge in [-0.25, -0.2) is 4.39 Å². The Morgan fingerprint density at radius 3 is 2.89 bits per heavy atom. The fourth-order valence-electron chi connectivity index (χ4n) is 1.47. The lowest BCUT2D eigenvalue weighted by molar-refractivity contribution is 0.102. The Morgan fingerprint density at radius 1 is 1.47 bits per heavy atom. The highest BCUT2D eigenvalue weighted by molar-refractivity contribution is 7.15. The van der Waals surface area contributed by atoms with Gasteiger partial charge in [0, 0.05) is 0 Å². The average Bonchev–Trinajstić information content (AvgIpc) is 2.86. The maximum atomic E-state index is 13.2. The van der Waals surface area contributed by atoms with Crippen LogP contribution in [0.5, 0.6) is 5.75 Å². The number of hydrogen-bond acceptors (Lipinski definition) is 5. The molecular formula is C12H12FN3O2S. The van der Waals surface area contributed by atoms with E-state index in [-0.39, 0.29) is 5.56 Å². The summed E-state index contributed by atoms with van der Waals surface area (Å²) in [6.45, 7) is 1.95. The number of aryl methyl sites for hydroxylation is 1. The van der Waals surface area contributed by atoms with Gasteiger partial charge >= 0.3 is 0 Å². The maximum Gasteiger partial charge on any atom is 0.261 e. The van der Waals surface area contributed by atoms with Crippen molar-refractivity contribution in [3.63, 3.8) is 0 Å². The van der Waals surface area contributed by atoms with Gasteiger partial charge in [-0.2, -0.15) is 0 Å². The van der Waals surface area contributed by atoms with Gasteiger partial charge in [-0.05, 0) is 24.6 Å². The molecule has 1 amide bonds. The van der Waals surface area contributed by atoms with Crippen molar-refractivity contribution in [2.45, 2.75) is 13.3 Å². The smallest absolute Gasteiger partial charge is 0.261 e. The first-order valence-corrected chi connectivity index (χ1v) is 6.43. The van der Waals surface area contributed by atoms with Crippen LogP contribution in [-0.4, -0.2) is 23.2 Å². The van der Waals surface area contributed by atoms with Gasteiger partial charge in [-0.15, -0.1) is 10.2 Å². The third kappa shape index (κ3) is 3.05. The number of carbonyl (C=O) groups is 1. The van der Waals surface area contributed by atoms with Crippen molar-refractivity contribution in [2.24, 2.45) is 0 Å². The summed E-state index contributed by atoms with van der Waals surface area (Å²) < 4.78 is 18.2. The molecule has 0 fully saturated rings. The van der Waals surface area contributed by atoms with Crippen LogP contribution < -0.4 is 10.1 Å². The van der Waals surface area contributed by atoms with Crippen molar-refractivity contribution in [3.05, 3.63) is 34.6 Å². The van der Waals surface area contributed by atoms with Crippen molar-refractivity contribution >= 4 is 22.4 Å². The predicted octanol–water partition coefficient (Wildman–Crippen LogP) is 2.50. The lowest BCUT2D eigenvalue weighted by atomic mass is 10.2. The SMILES string of the molecule is CCc1nnc(NC(=O)c2cc(F)ccc2OC)s1. The van der Waals surface area contributed by atoms with E-state index in [4.69, 9.17) is 4.74 Å². The van der Waals surface area contributed by atoms with Crippen LogP contribution in [0, 0.1) is 5.82 Å². The third-order valence-electron chi connectivity index (χ3n) is 2.40. The van der Waals surface area contributed by atoms with Gasteiger partial charge in [0.15, 0.2) is 0 Å². The zero-order valence-electron chi connectivity index (χ0n) is 10.4. The van der Waals surface area contributed by atoms with Crippen LogP contribution in [0.15, 0.2) is 18.2 Å². The average molecular weight is 281 g/mol. The molecule has 5 nitrogen and oxygen atoms in total. The molecule has 7 heteroatoms. The van der Waals surface area contributed by atoms with Gasteiger partial charge in [0.1, 0.15) is 16.6 Å². The first-order valence-electron chi connectivity index (χ1n) is 5.61. The van der Waals surface area contributed by atoms with Gasteiger partial charge in [-0.1, -0.05) is 18.3 Å². The Balaban J connectivity index is 2.21. The Kier molecular flexibility index (Phi) is 4.06. The highest BCUT2D eigenvalue weighted by Crippen LogP contribution is 2.22. The summed E-state index contributed by atoms with van der Waals surface area (Å²) >= 11 is 1.28. The summed E-state index contributed by atoms with van der Waals surface area (Å²) in [4.78, 5) is 12.0. The molecule has 0 aliphatic carbocycles. The molecule has 0 saturated carbocycles. The monoisotopic (exact) mass is 281 g/mol. The minimum atomic E-state index is -0.502. The second kappa shape index (κ2) is 5.75. The fraction of sp³-hybridized carbons (Fsp3) is 0.250. The lowest BCUT2D eigenvalue weighted by Gasteiger charge is -2.07. The van der Waals surface area contributed by atoms with Crippen LogP contribution in [0.1, 0.15) is 22.3 Å². The number of rotatable bonds is 4. The van der Waals surface area contributed by atoms with Crippen LogP contribution in [-0.2, 0) is 6.42 Å². The number of methoxy groups -OCH3 is 1. The van der Waals surface area contributed by atoms with Crippen molar-refractivity contribution in [3.8, 4) is 5.75 Å². The predicted molar refractivity (Wildman–Crippen MR) is 70.2 cm³/mol. The molecule has 1 heterocycles. The molecule has 0 unspecified atom stereocenters. The minimum Gasteiger partial charge on any atom is -0.496 e. The normalized spacial score (nSPS) is 10.3. The van der Waals surface area contributed by atoms with Crippen LogP contribution in [0.25, 0.3) is 0 Å². The van der Waals surface area contributed by atoms with Crippen molar-refractivity contribution in [1.82, 2.24) is 10.2 Å². The van der Waals surface area contributed by atoms with Gasteiger partial charge in [0.05, 0.1) is 12.7 Å². The zero-order chi connectivity index (χ0) is 13.8. The van der Waals surface area contributed by atoms with Gasteiger partial charge in [-0.3, -0.25) is 10.1 Å². The molecule has 19 heavy (non-hydrogen) atoms. The van der Waals surface area contributed by atoms with E-state index in [1.807, 2.05) is 6.92 Å². The molecule has 0 spiro atoms. The summed E-state index contributed by atoms with van der Waals surface area (Å²) in [5.74, 6) is -0.674. The summed E-state index contributed by atoms with van der Waals surface area (Å²) in [7, 11) is 1.42. The van der Waals surface area contributed by atoms with E-state index in [0.29, 0.717) is 10.9 Å². The second-order valence-corrected chi connectivity index (χ2v) is 4.72. The van der Waals surface area contributed by atoms with Crippen LogP contribution in [0.2, 0.25) is 0 Å². The van der Waals surface area contributed by atoms with Crippen LogP contribution >= 0.6 is 11.3 Å². The maximum absolute atomic E-state index is 13.2. The number of nitrogens with one attached hydrogen (secondary N) is 1. The number of hydrogen-bond donors (Lipinski definition) is 1. The van der Waals surface area contributed by atoms with E-state index in [0.717, 1.165) is 17.5 Å². The Morgan fingerprint density at radius 2 is 2.26 bits per heavy atom. The molecule has 1 aromatic carbocycles. The Bertz CT molecular complexity index is 600. The number of anilines is 1. The number of nitrogens with zero attached hydrogens (tertiary/aromatic N) is 2. The van der Waals surface area contributed by atoms with Gasteiger partial charge in [0.2, 0.25) is 5.13 Å². The molecule has 2 aromatic rings. The number of carbonyl (C=O) groups excluding carboxylic acids is 1. The second-order valence-electron chi connectivity index (χ2n) is 3.65. The molecule has 0 saturated heterocycles. The van der Waals surface area contributed by atoms with Gasteiger partial charge < -0.3 is 4.74 Å². The Hall–Kier alpha value is -2.02. The van der Waals surface area contributed by atoms with E-state index in [2.05, 4.69) is 15.5 Å². The fourth-order valence-corrected chi connectivity index (χ4v) is 2.14. The summed E-state index contributed by atoms with van der Waals surface area (Å²) in [5.41, 5.74) is 0.121. The zero-order valence-corrected chi connectivity index (χ0v) is 11.3. The number of ether oxygens (including phenoxy) is 1. The molecule has 100 valence electrons. The van der Waals surface area contributed by atoms with Crippen molar-refractivity contribution < 1.29 is 13.9 Å². The third-order valence-corrected chi connectivity index (χ3v) is 3.38. The highest BCUT2D eigenvalue weighted by atomic mass is 32.1. The van der Waals surface area contributed by atoms with E-state index in [9.17, 15) is 9.18 Å². The topological polar surface area (TPSA) is 64.1 Å². The van der Waals surface area contributed by atoms with Crippen molar-refractivity contribution in [1.29, 1.82) is 0 Å². The largest absolute Gasteiger partial charge is 0.496 e. The van der Waals surface area contributed by atoms with Gasteiger partial charge in [0.25, 0.3) is 5.91 Å². The summed E-state index contributed by atoms with van der Waals surface area (Å²) in [6.07, 6.45) is 0.747. The molecule has 0 atom stereocenters. The number of aromatic nitrogens is 2. The first-order chi connectivity index (χ1) is 9.13. The van der Waals surface area contributed by atoms with Crippen LogP contribution in [0.3, 0.4) is 0 Å². The van der Waals surface area contributed by atoms with E-state index >= 15 is 0 Å². The standard InChI is InChI=1S/C12H12FN3O2S/c1-3-10-15-16-12(19-10)14-11(17)8-6-7(13)4-5-9(8)18-2/h4-6H,3H2,1-2H3,(H,14,16,17). The highest BCUT2D eigenvalue weighted by Gasteiger charge is 2.15. The van der Waals surface area contributed by atoms with E-state index < -0.39 is 11.7 Å². The molecule has 0 aliphatic heterocycles. The molecule has 2 rings (SSSR count). The Labute approximate surface area is 113 Å². The lowest BCUT2D eigenvalue weighted by Crippen LogP contribution is -2.13. The summed E-state index contributed by atoms with van der Waals surface area (Å²) in [5, 5.41) is 11.5. The number of benzene rings is 1. The quantitative estimate of drug-likeness (QED) is 0.935. The molecular weight excluding hydrogens is 269 g/mol. The first kappa shape index (κ1) is 13.4. The molecule has 0 aliphatic rings. The molecule has 0 radical (unpaired) electrons. The minimum absolute atomic E-state index is 0.121. The van der Waals surface area contributed by atoms with E-state index in [1.54, 1.807) is 0 Å². The summed E-state index contributed by atoms with van der Waals surface area (Å²) in [6, 6.07) is 3.76. The number of amides is 1. The van der Waals surface area contributed by atoms with Crippen molar-refractivity contribution in [2.75, 3.05) is 12.4 Å². The van der Waals surface area contributed by atoms with Crippen LogP contribution in [0.4, 0.5) is 9.52 Å². The van der Waals surface area contributed by atoms with E-state index in [1.165, 1.54) is 30.6 Å². The number of halogens is 1. The molecule has 1 aromatic heterocycles. The molecule has 0 bridgehead atoms.